The predicted molar refractivity (Wildman–Crippen MR) is 111 cm³/mol. The van der Waals surface area contributed by atoms with Crippen LogP contribution in [0.25, 0.3) is 5.78 Å². The Labute approximate surface area is 169 Å². The van der Waals surface area contributed by atoms with E-state index in [1.165, 1.54) is 35.7 Å². The van der Waals surface area contributed by atoms with E-state index in [2.05, 4.69) is 51.6 Å². The molecule has 0 spiro atoms. The van der Waals surface area contributed by atoms with Crippen LogP contribution >= 0.6 is 11.8 Å². The molecule has 3 aromatic rings. The minimum Gasteiger partial charge on any atom is -0.348 e. The largest absolute Gasteiger partial charge is 0.348 e. The van der Waals surface area contributed by atoms with Gasteiger partial charge in [-0.15, -0.1) is 5.10 Å². The molecule has 1 amide bonds. The van der Waals surface area contributed by atoms with Crippen molar-refractivity contribution in [1.82, 2.24) is 24.9 Å². The van der Waals surface area contributed by atoms with Crippen molar-refractivity contribution in [3.63, 3.8) is 0 Å². The lowest BCUT2D eigenvalue weighted by atomic mass is 10.0. The second-order valence-corrected chi connectivity index (χ2v) is 8.54. The minimum atomic E-state index is 0.0124. The Bertz CT molecular complexity index is 1020. The summed E-state index contributed by atoms with van der Waals surface area (Å²) in [6.45, 7) is 8.09. The van der Waals surface area contributed by atoms with Crippen LogP contribution < -0.4 is 5.32 Å². The van der Waals surface area contributed by atoms with Crippen molar-refractivity contribution < 1.29 is 4.79 Å². The van der Waals surface area contributed by atoms with Crippen LogP contribution in [0, 0.1) is 33.6 Å². The molecule has 1 atom stereocenters. The molecule has 1 aromatic carbocycles. The van der Waals surface area contributed by atoms with Gasteiger partial charge in [0.25, 0.3) is 5.78 Å². The maximum absolute atomic E-state index is 12.6. The van der Waals surface area contributed by atoms with Gasteiger partial charge in [0.1, 0.15) is 0 Å². The number of thioether (sulfide) groups is 1. The minimum absolute atomic E-state index is 0.0124. The van der Waals surface area contributed by atoms with Gasteiger partial charge >= 0.3 is 0 Å². The highest BCUT2D eigenvalue weighted by Gasteiger charge is 2.33. The average molecular weight is 396 g/mol. The van der Waals surface area contributed by atoms with Gasteiger partial charge < -0.3 is 5.32 Å². The van der Waals surface area contributed by atoms with Crippen molar-refractivity contribution in [1.29, 1.82) is 0 Å². The van der Waals surface area contributed by atoms with Crippen LogP contribution in [0.15, 0.2) is 29.4 Å². The van der Waals surface area contributed by atoms with Gasteiger partial charge in [-0.3, -0.25) is 4.79 Å². The first-order chi connectivity index (χ1) is 13.4. The summed E-state index contributed by atoms with van der Waals surface area (Å²) in [5.74, 6) is 1.43. The van der Waals surface area contributed by atoms with Gasteiger partial charge in [0, 0.05) is 11.4 Å². The Balaban J connectivity index is 1.43. The summed E-state index contributed by atoms with van der Waals surface area (Å²) in [7, 11) is 0. The molecule has 0 unspecified atom stereocenters. The van der Waals surface area contributed by atoms with Gasteiger partial charge in [-0.05, 0) is 57.6 Å². The number of nitrogens with one attached hydrogen (secondary N) is 1. The van der Waals surface area contributed by atoms with E-state index in [1.807, 2.05) is 20.8 Å². The SMILES string of the molecule is Cc1ccc([C@@H](NC(=O)CSc2nc3nc(C)c(C)c(C)n3n2)C2CC2)cc1. The summed E-state index contributed by atoms with van der Waals surface area (Å²) in [4.78, 5) is 21.5. The standard InChI is InChI=1S/C21H25N5OS/c1-12-5-7-16(8-6-12)19(17-9-10-17)23-18(27)11-28-21-24-20-22-14(3)13(2)15(4)26(20)25-21/h5-8,17,19H,9-11H2,1-4H3,(H,23,27)/t19-/m1/s1. The van der Waals surface area contributed by atoms with Crippen LogP contribution in [0.1, 0.15) is 47.0 Å². The van der Waals surface area contributed by atoms with Crippen molar-refractivity contribution >= 4 is 23.4 Å². The number of amides is 1. The van der Waals surface area contributed by atoms with Crippen molar-refractivity contribution in [3.8, 4) is 0 Å². The molecule has 7 heteroatoms. The predicted octanol–water partition coefficient (Wildman–Crippen LogP) is 3.72. The molecule has 0 aliphatic heterocycles. The van der Waals surface area contributed by atoms with Crippen LogP contribution in [0.3, 0.4) is 0 Å². The first-order valence-electron chi connectivity index (χ1n) is 9.61. The summed E-state index contributed by atoms with van der Waals surface area (Å²) < 4.78 is 1.75. The number of carbonyl (C=O) groups is 1. The normalized spacial score (nSPS) is 15.0. The fraction of sp³-hybridized carbons (Fsp3) is 0.429. The topological polar surface area (TPSA) is 72.2 Å². The zero-order valence-electron chi connectivity index (χ0n) is 16.7. The van der Waals surface area contributed by atoms with E-state index >= 15 is 0 Å². The number of aromatic nitrogens is 4. The van der Waals surface area contributed by atoms with Crippen LogP contribution in [-0.4, -0.2) is 31.2 Å². The van der Waals surface area contributed by atoms with Crippen molar-refractivity contribution in [2.24, 2.45) is 5.92 Å². The number of carbonyl (C=O) groups excluding carboxylic acids is 1. The lowest BCUT2D eigenvalue weighted by molar-refractivity contribution is -0.119. The molecule has 1 saturated carbocycles. The molecule has 2 aromatic heterocycles. The molecule has 1 fully saturated rings. The molecule has 0 radical (unpaired) electrons. The molecular weight excluding hydrogens is 370 g/mol. The van der Waals surface area contributed by atoms with Gasteiger partial charge in [-0.1, -0.05) is 41.6 Å². The summed E-state index contributed by atoms with van der Waals surface area (Å²) in [6.07, 6.45) is 2.34. The Morgan fingerprint density at radius 2 is 1.89 bits per heavy atom. The summed E-state index contributed by atoms with van der Waals surface area (Å²) in [5, 5.41) is 8.30. The molecule has 146 valence electrons. The zero-order chi connectivity index (χ0) is 19.8. The molecule has 0 bridgehead atoms. The average Bonchev–Trinajstić information content (AvgIpc) is 3.44. The third-order valence-corrected chi connectivity index (χ3v) is 6.26. The van der Waals surface area contributed by atoms with Gasteiger partial charge in [-0.25, -0.2) is 9.50 Å². The van der Waals surface area contributed by atoms with Crippen LogP contribution in [0.4, 0.5) is 0 Å². The second-order valence-electron chi connectivity index (χ2n) is 7.60. The Hall–Kier alpha value is -2.41. The highest BCUT2D eigenvalue weighted by Crippen LogP contribution is 2.41. The lowest BCUT2D eigenvalue weighted by Crippen LogP contribution is -2.31. The fourth-order valence-corrected chi connectivity index (χ4v) is 3.95. The van der Waals surface area contributed by atoms with E-state index in [-0.39, 0.29) is 11.9 Å². The monoisotopic (exact) mass is 395 g/mol. The van der Waals surface area contributed by atoms with Crippen molar-refractivity contribution in [2.75, 3.05) is 5.75 Å². The van der Waals surface area contributed by atoms with Gasteiger partial charge in [0.05, 0.1) is 11.8 Å². The highest BCUT2D eigenvalue weighted by atomic mass is 32.2. The number of hydrogen-bond donors (Lipinski definition) is 1. The number of aryl methyl sites for hydroxylation is 3. The van der Waals surface area contributed by atoms with E-state index < -0.39 is 0 Å². The van der Waals surface area contributed by atoms with E-state index in [4.69, 9.17) is 0 Å². The molecule has 1 aliphatic rings. The summed E-state index contributed by atoms with van der Waals surface area (Å²) >= 11 is 1.35. The smallest absolute Gasteiger partial charge is 0.253 e. The number of hydrogen-bond acceptors (Lipinski definition) is 5. The quantitative estimate of drug-likeness (QED) is 0.644. The second kappa shape index (κ2) is 7.54. The number of nitrogens with zero attached hydrogens (tertiary/aromatic N) is 4. The molecular formula is C21H25N5OS. The lowest BCUT2D eigenvalue weighted by Gasteiger charge is -2.18. The van der Waals surface area contributed by atoms with E-state index in [9.17, 15) is 4.79 Å². The van der Waals surface area contributed by atoms with Crippen LogP contribution in [-0.2, 0) is 4.79 Å². The first-order valence-corrected chi connectivity index (χ1v) is 10.6. The Morgan fingerprint density at radius 3 is 2.57 bits per heavy atom. The van der Waals surface area contributed by atoms with Gasteiger partial charge in [0.2, 0.25) is 11.1 Å². The molecule has 28 heavy (non-hydrogen) atoms. The number of benzene rings is 1. The molecule has 1 N–H and O–H groups in total. The van der Waals surface area contributed by atoms with E-state index in [0.29, 0.717) is 22.6 Å². The molecule has 6 nitrogen and oxygen atoms in total. The molecule has 2 heterocycles. The maximum atomic E-state index is 12.6. The van der Waals surface area contributed by atoms with Gasteiger partial charge in [0.15, 0.2) is 0 Å². The van der Waals surface area contributed by atoms with Crippen molar-refractivity contribution in [2.45, 2.75) is 51.7 Å². The third-order valence-electron chi connectivity index (χ3n) is 5.42. The van der Waals surface area contributed by atoms with Crippen LogP contribution in [0.5, 0.6) is 0 Å². The molecule has 0 saturated heterocycles. The molecule has 1 aliphatic carbocycles. The summed E-state index contributed by atoms with van der Waals surface area (Å²) in [5.41, 5.74) is 5.50. The van der Waals surface area contributed by atoms with E-state index in [1.54, 1.807) is 4.52 Å². The van der Waals surface area contributed by atoms with E-state index in [0.717, 1.165) is 17.0 Å². The Morgan fingerprint density at radius 1 is 1.18 bits per heavy atom. The highest BCUT2D eigenvalue weighted by molar-refractivity contribution is 7.99. The zero-order valence-corrected chi connectivity index (χ0v) is 17.5. The Kier molecular flexibility index (Phi) is 5.10. The molecule has 4 rings (SSSR count). The third kappa shape index (κ3) is 3.90. The van der Waals surface area contributed by atoms with Crippen LogP contribution in [0.2, 0.25) is 0 Å². The van der Waals surface area contributed by atoms with Crippen molar-refractivity contribution in [3.05, 3.63) is 52.3 Å². The maximum Gasteiger partial charge on any atom is 0.253 e. The van der Waals surface area contributed by atoms with Gasteiger partial charge in [-0.2, -0.15) is 4.98 Å². The number of fused-ring (bicyclic) bond motifs is 1. The fourth-order valence-electron chi connectivity index (χ4n) is 3.32. The summed E-state index contributed by atoms with van der Waals surface area (Å²) in [6, 6.07) is 8.54. The first kappa shape index (κ1) is 18.9. The number of rotatable bonds is 6.